The largest absolute Gasteiger partial charge is 0.478 e. The van der Waals surface area contributed by atoms with Gasteiger partial charge in [-0.25, -0.2) is 4.79 Å². The Kier molecular flexibility index (Phi) is 4.80. The Morgan fingerprint density at radius 3 is 2.68 bits per heavy atom. The fourth-order valence-electron chi connectivity index (χ4n) is 4.34. The Morgan fingerprint density at radius 2 is 1.96 bits per heavy atom. The Labute approximate surface area is 170 Å². The smallest absolute Gasteiger partial charge is 0.337 e. The molecule has 1 N–H and O–H groups in total. The number of carboxylic acids is 1. The summed E-state index contributed by atoms with van der Waals surface area (Å²) in [7, 11) is 4.13. The second-order valence-corrected chi connectivity index (χ2v) is 10.1. The predicted molar refractivity (Wildman–Crippen MR) is 117 cm³/mol. The molecule has 1 aliphatic rings. The van der Waals surface area contributed by atoms with Gasteiger partial charge in [-0.3, -0.25) is 0 Å². The van der Waals surface area contributed by atoms with Crippen LogP contribution >= 0.6 is 11.3 Å². The third-order valence-electron chi connectivity index (χ3n) is 5.68. The molecule has 0 unspecified atom stereocenters. The van der Waals surface area contributed by atoms with Crippen LogP contribution in [-0.2, 0) is 19.4 Å². The third kappa shape index (κ3) is 3.47. The molecule has 3 nitrogen and oxygen atoms in total. The predicted octanol–water partition coefficient (Wildman–Crippen LogP) is 5.84. The molecule has 2 aromatic carbocycles. The molecule has 0 saturated carbocycles. The van der Waals surface area contributed by atoms with Crippen LogP contribution in [-0.4, -0.2) is 30.1 Å². The lowest BCUT2D eigenvalue weighted by Gasteiger charge is -2.29. The standard InChI is InChI=1S/C24H27NO2S/c1-24(2)10-9-20-19(13-24)21(23(26)27)22(28-20)16-11-15-7-5-6-8-18(15)17(12-16)14-25(3)4/h5-8,11-12H,9-10,13-14H2,1-4H3,(H,26,27). The van der Waals surface area contributed by atoms with E-state index in [2.05, 4.69) is 63.2 Å². The Balaban J connectivity index is 1.93. The number of aryl methyl sites for hydroxylation is 1. The summed E-state index contributed by atoms with van der Waals surface area (Å²) in [6.07, 6.45) is 2.94. The fourth-order valence-corrected chi connectivity index (χ4v) is 5.64. The van der Waals surface area contributed by atoms with Gasteiger partial charge in [-0.2, -0.15) is 0 Å². The quantitative estimate of drug-likeness (QED) is 0.605. The maximum Gasteiger partial charge on any atom is 0.337 e. The highest BCUT2D eigenvalue weighted by Crippen LogP contribution is 2.45. The molecule has 0 amide bonds. The van der Waals surface area contributed by atoms with Crippen LogP contribution in [0.3, 0.4) is 0 Å². The van der Waals surface area contributed by atoms with Gasteiger partial charge >= 0.3 is 5.97 Å². The lowest BCUT2D eigenvalue weighted by molar-refractivity contribution is 0.0696. The highest BCUT2D eigenvalue weighted by Gasteiger charge is 2.33. The minimum absolute atomic E-state index is 0.162. The van der Waals surface area contributed by atoms with Gasteiger partial charge in [0, 0.05) is 16.3 Å². The number of fused-ring (bicyclic) bond motifs is 2. The van der Waals surface area contributed by atoms with Crippen LogP contribution in [0.25, 0.3) is 21.2 Å². The van der Waals surface area contributed by atoms with Crippen molar-refractivity contribution in [3.8, 4) is 10.4 Å². The molecule has 1 aliphatic carbocycles. The van der Waals surface area contributed by atoms with Crippen LogP contribution in [0.4, 0.5) is 0 Å². The summed E-state index contributed by atoms with van der Waals surface area (Å²) in [6, 6.07) is 12.7. The van der Waals surface area contributed by atoms with Crippen molar-refractivity contribution < 1.29 is 9.90 Å². The fraction of sp³-hybridized carbons (Fsp3) is 0.375. The number of benzene rings is 2. The summed E-state index contributed by atoms with van der Waals surface area (Å²) < 4.78 is 0. The van der Waals surface area contributed by atoms with Crippen LogP contribution in [0, 0.1) is 5.41 Å². The van der Waals surface area contributed by atoms with Crippen LogP contribution in [0.1, 0.15) is 46.6 Å². The molecule has 3 aromatic rings. The molecule has 4 rings (SSSR count). The van der Waals surface area contributed by atoms with E-state index in [0.717, 1.165) is 41.8 Å². The summed E-state index contributed by atoms with van der Waals surface area (Å²) in [5, 5.41) is 12.5. The number of nitrogens with zero attached hydrogens (tertiary/aromatic N) is 1. The average molecular weight is 394 g/mol. The van der Waals surface area contributed by atoms with Crippen molar-refractivity contribution in [2.24, 2.45) is 5.41 Å². The van der Waals surface area contributed by atoms with E-state index in [1.165, 1.54) is 21.2 Å². The van der Waals surface area contributed by atoms with E-state index in [-0.39, 0.29) is 5.41 Å². The van der Waals surface area contributed by atoms with Gasteiger partial charge in [-0.1, -0.05) is 38.1 Å². The topological polar surface area (TPSA) is 40.5 Å². The van der Waals surface area contributed by atoms with Gasteiger partial charge in [0.25, 0.3) is 0 Å². The monoisotopic (exact) mass is 393 g/mol. The zero-order chi connectivity index (χ0) is 20.1. The van der Waals surface area contributed by atoms with Crippen molar-refractivity contribution >= 4 is 28.1 Å². The van der Waals surface area contributed by atoms with Crippen molar-refractivity contribution in [1.29, 1.82) is 0 Å². The first kappa shape index (κ1) is 19.2. The van der Waals surface area contributed by atoms with Crippen molar-refractivity contribution in [1.82, 2.24) is 4.90 Å². The first-order valence-electron chi connectivity index (χ1n) is 9.80. The van der Waals surface area contributed by atoms with E-state index in [1.54, 1.807) is 11.3 Å². The normalized spacial score (nSPS) is 15.8. The van der Waals surface area contributed by atoms with E-state index in [4.69, 9.17) is 0 Å². The lowest BCUT2D eigenvalue weighted by atomic mass is 9.76. The first-order valence-corrected chi connectivity index (χ1v) is 10.6. The molecular weight excluding hydrogens is 366 g/mol. The number of carbonyl (C=O) groups is 1. The SMILES string of the molecule is CN(C)Cc1cc(-c2sc3c(c2C(=O)O)CC(C)(C)CC3)cc2ccccc12. The van der Waals surface area contributed by atoms with Gasteiger partial charge in [0.2, 0.25) is 0 Å². The van der Waals surface area contributed by atoms with Gasteiger partial charge in [0.15, 0.2) is 0 Å². The molecule has 1 aromatic heterocycles. The first-order chi connectivity index (χ1) is 13.2. The third-order valence-corrected chi connectivity index (χ3v) is 7.03. The Morgan fingerprint density at radius 1 is 1.21 bits per heavy atom. The number of hydrogen-bond donors (Lipinski definition) is 1. The number of hydrogen-bond acceptors (Lipinski definition) is 3. The Bertz CT molecular complexity index is 1060. The molecule has 0 atom stereocenters. The van der Waals surface area contributed by atoms with Gasteiger partial charge in [-0.05, 0) is 78.4 Å². The molecule has 0 bridgehead atoms. The molecule has 0 radical (unpaired) electrons. The van der Waals surface area contributed by atoms with Crippen molar-refractivity contribution in [3.05, 3.63) is 58.0 Å². The van der Waals surface area contributed by atoms with Crippen molar-refractivity contribution in [2.45, 2.75) is 39.7 Å². The van der Waals surface area contributed by atoms with Crippen LogP contribution in [0.15, 0.2) is 36.4 Å². The number of aromatic carboxylic acids is 1. The van der Waals surface area contributed by atoms with Crippen LogP contribution in [0.2, 0.25) is 0 Å². The highest BCUT2D eigenvalue weighted by molar-refractivity contribution is 7.16. The minimum atomic E-state index is -0.799. The summed E-state index contributed by atoms with van der Waals surface area (Å²) in [5.41, 5.74) is 4.02. The van der Waals surface area contributed by atoms with Gasteiger partial charge in [0.05, 0.1) is 5.56 Å². The van der Waals surface area contributed by atoms with Gasteiger partial charge in [-0.15, -0.1) is 11.3 Å². The molecule has 0 aliphatic heterocycles. The lowest BCUT2D eigenvalue weighted by Crippen LogP contribution is -2.22. The number of thiophene rings is 1. The molecule has 28 heavy (non-hydrogen) atoms. The molecule has 146 valence electrons. The molecular formula is C24H27NO2S. The summed E-state index contributed by atoms with van der Waals surface area (Å²) in [4.78, 5) is 16.6. The summed E-state index contributed by atoms with van der Waals surface area (Å²) in [6.45, 7) is 5.31. The van der Waals surface area contributed by atoms with Crippen molar-refractivity contribution in [2.75, 3.05) is 14.1 Å². The molecule has 0 fully saturated rings. The molecule has 1 heterocycles. The summed E-state index contributed by atoms with van der Waals surface area (Å²) in [5.74, 6) is -0.799. The maximum atomic E-state index is 12.3. The van der Waals surface area contributed by atoms with Crippen LogP contribution < -0.4 is 0 Å². The number of rotatable bonds is 4. The van der Waals surface area contributed by atoms with E-state index in [9.17, 15) is 9.90 Å². The zero-order valence-electron chi connectivity index (χ0n) is 17.0. The maximum absolute atomic E-state index is 12.3. The van der Waals surface area contributed by atoms with E-state index < -0.39 is 5.97 Å². The second kappa shape index (κ2) is 7.02. The molecule has 4 heteroatoms. The molecule has 0 spiro atoms. The van der Waals surface area contributed by atoms with E-state index >= 15 is 0 Å². The second-order valence-electron chi connectivity index (χ2n) is 8.95. The summed E-state index contributed by atoms with van der Waals surface area (Å²) >= 11 is 1.69. The average Bonchev–Trinajstić information content (AvgIpc) is 2.98. The van der Waals surface area contributed by atoms with Crippen LogP contribution in [0.5, 0.6) is 0 Å². The van der Waals surface area contributed by atoms with Gasteiger partial charge < -0.3 is 10.0 Å². The van der Waals surface area contributed by atoms with E-state index in [1.807, 2.05) is 6.07 Å². The van der Waals surface area contributed by atoms with Crippen molar-refractivity contribution in [3.63, 3.8) is 0 Å². The zero-order valence-corrected chi connectivity index (χ0v) is 17.8. The minimum Gasteiger partial charge on any atom is -0.478 e. The highest BCUT2D eigenvalue weighted by atomic mass is 32.1. The number of carboxylic acid groups (broad SMARTS) is 1. The Hall–Kier alpha value is -2.17. The van der Waals surface area contributed by atoms with Gasteiger partial charge in [0.1, 0.15) is 0 Å². The van der Waals surface area contributed by atoms with E-state index in [0.29, 0.717) is 5.56 Å². The molecule has 0 saturated heterocycles.